The van der Waals surface area contributed by atoms with Crippen molar-refractivity contribution >= 4 is 0 Å². The molecule has 0 unspecified atom stereocenters. The minimum absolute atomic E-state index is 0.0984. The molecule has 0 saturated heterocycles. The second kappa shape index (κ2) is 6.82. The second-order valence-corrected chi connectivity index (χ2v) is 5.33. The zero-order valence-electron chi connectivity index (χ0n) is 11.5. The summed E-state index contributed by atoms with van der Waals surface area (Å²) in [5.41, 5.74) is 1.18. The number of halogens is 3. The molecule has 0 amide bonds. The zero-order chi connectivity index (χ0) is 14.5. The fourth-order valence-electron chi connectivity index (χ4n) is 2.85. The molecule has 0 bridgehead atoms. The van der Waals surface area contributed by atoms with Crippen molar-refractivity contribution in [2.75, 3.05) is 0 Å². The molecule has 1 aliphatic rings. The normalized spacial score (nSPS) is 22.4. The number of rotatable bonds is 4. The lowest BCUT2D eigenvalue weighted by Gasteiger charge is -2.28. The third kappa shape index (κ3) is 3.78. The number of hydrogen-bond donors (Lipinski definition) is 0. The van der Waals surface area contributed by atoms with Crippen molar-refractivity contribution in [3.05, 3.63) is 41.9 Å². The van der Waals surface area contributed by atoms with Crippen molar-refractivity contribution in [1.82, 2.24) is 0 Å². The molecule has 0 aliphatic heterocycles. The van der Waals surface area contributed by atoms with Crippen LogP contribution in [-0.4, -0.2) is 0 Å². The maximum atomic E-state index is 12.7. The van der Waals surface area contributed by atoms with Gasteiger partial charge in [-0.15, -0.1) is 0 Å². The van der Waals surface area contributed by atoms with E-state index in [9.17, 15) is 13.2 Å². The van der Waals surface area contributed by atoms with E-state index in [-0.39, 0.29) is 5.75 Å². The molecule has 1 saturated carbocycles. The van der Waals surface area contributed by atoms with Crippen molar-refractivity contribution < 1.29 is 17.9 Å². The van der Waals surface area contributed by atoms with Crippen LogP contribution < -0.4 is 4.74 Å². The third-order valence-electron chi connectivity index (χ3n) is 4.13. The molecule has 1 nitrogen and oxygen atoms in total. The lowest BCUT2D eigenvalue weighted by atomic mass is 9.78. The molecule has 20 heavy (non-hydrogen) atoms. The third-order valence-corrected chi connectivity index (χ3v) is 4.13. The summed E-state index contributed by atoms with van der Waals surface area (Å²) in [6.07, 6.45) is 3.60. The van der Waals surface area contributed by atoms with E-state index in [1.807, 2.05) is 12.1 Å². The molecule has 0 radical (unpaired) electrons. The predicted octanol–water partition coefficient (Wildman–Crippen LogP) is 5.78. The Morgan fingerprint density at radius 3 is 2.15 bits per heavy atom. The molecule has 1 fully saturated rings. The summed E-state index contributed by atoms with van der Waals surface area (Å²) < 4.78 is 40.9. The van der Waals surface area contributed by atoms with E-state index in [2.05, 4.69) is 11.7 Å². The van der Waals surface area contributed by atoms with Gasteiger partial charge < -0.3 is 4.74 Å². The SMILES string of the molecule is CC[C@H]1CC[C@H](c2ccc(OC(F)=C(F)F)cc2)CC1. The number of benzene rings is 1. The first-order valence-electron chi connectivity index (χ1n) is 7.08. The van der Waals surface area contributed by atoms with Gasteiger partial charge in [0.05, 0.1) is 0 Å². The van der Waals surface area contributed by atoms with Gasteiger partial charge in [-0.3, -0.25) is 0 Å². The van der Waals surface area contributed by atoms with Gasteiger partial charge >= 0.3 is 12.1 Å². The van der Waals surface area contributed by atoms with E-state index in [1.165, 1.54) is 24.8 Å². The lowest BCUT2D eigenvalue weighted by molar-refractivity contribution is 0.241. The highest BCUT2D eigenvalue weighted by Gasteiger charge is 2.21. The predicted molar refractivity (Wildman–Crippen MR) is 72.4 cm³/mol. The van der Waals surface area contributed by atoms with Gasteiger partial charge in [0, 0.05) is 0 Å². The average Bonchev–Trinajstić information content (AvgIpc) is 2.48. The van der Waals surface area contributed by atoms with Crippen molar-refractivity contribution in [3.8, 4) is 5.75 Å². The maximum Gasteiger partial charge on any atom is 0.344 e. The summed E-state index contributed by atoms with van der Waals surface area (Å²) >= 11 is 0. The Balaban J connectivity index is 1.97. The molecule has 0 heterocycles. The highest BCUT2D eigenvalue weighted by atomic mass is 19.3. The molecule has 0 N–H and O–H groups in total. The Morgan fingerprint density at radius 1 is 1.05 bits per heavy atom. The molecule has 110 valence electrons. The molecular formula is C16H19F3O. The first kappa shape index (κ1) is 14.9. The molecule has 4 heteroatoms. The molecule has 0 atom stereocenters. The minimum atomic E-state index is -2.44. The zero-order valence-corrected chi connectivity index (χ0v) is 11.5. The van der Waals surface area contributed by atoms with E-state index in [4.69, 9.17) is 0 Å². The van der Waals surface area contributed by atoms with Crippen LogP contribution in [0.2, 0.25) is 0 Å². The van der Waals surface area contributed by atoms with E-state index in [0.717, 1.165) is 18.8 Å². The minimum Gasteiger partial charge on any atom is -0.428 e. The van der Waals surface area contributed by atoms with Gasteiger partial charge in [-0.2, -0.15) is 13.2 Å². The Kier molecular flexibility index (Phi) is 5.10. The maximum absolute atomic E-state index is 12.7. The van der Waals surface area contributed by atoms with Crippen molar-refractivity contribution in [1.29, 1.82) is 0 Å². The summed E-state index contributed by atoms with van der Waals surface area (Å²) in [7, 11) is 0. The average molecular weight is 284 g/mol. The van der Waals surface area contributed by atoms with Crippen molar-refractivity contribution in [2.24, 2.45) is 5.92 Å². The fourth-order valence-corrected chi connectivity index (χ4v) is 2.85. The van der Waals surface area contributed by atoms with Crippen LogP contribution in [0, 0.1) is 5.92 Å². The molecular weight excluding hydrogens is 265 g/mol. The standard InChI is InChI=1S/C16H19F3O/c1-2-11-3-5-12(6-4-11)13-7-9-14(10-8-13)20-16(19)15(17)18/h7-12H,2-6H2,1H3/t11-,12-. The highest BCUT2D eigenvalue weighted by molar-refractivity contribution is 5.30. The molecule has 1 aliphatic carbocycles. The summed E-state index contributed by atoms with van der Waals surface area (Å²) in [6, 6.07) is 4.94. The second-order valence-electron chi connectivity index (χ2n) is 5.33. The highest BCUT2D eigenvalue weighted by Crippen LogP contribution is 2.37. The van der Waals surface area contributed by atoms with Crippen LogP contribution in [0.5, 0.6) is 5.75 Å². The molecule has 0 spiro atoms. The lowest BCUT2D eigenvalue weighted by Crippen LogP contribution is -2.12. The molecule has 1 aromatic rings. The van der Waals surface area contributed by atoms with E-state index < -0.39 is 12.1 Å². The largest absolute Gasteiger partial charge is 0.428 e. The number of ether oxygens (including phenoxy) is 1. The van der Waals surface area contributed by atoms with E-state index in [1.54, 1.807) is 12.1 Å². The van der Waals surface area contributed by atoms with Gasteiger partial charge in [-0.1, -0.05) is 25.5 Å². The van der Waals surface area contributed by atoms with Gasteiger partial charge in [0.15, 0.2) is 0 Å². The van der Waals surface area contributed by atoms with Gasteiger partial charge in [0.1, 0.15) is 5.75 Å². The van der Waals surface area contributed by atoms with Crippen molar-refractivity contribution in [2.45, 2.75) is 44.9 Å². The first-order valence-corrected chi connectivity index (χ1v) is 7.08. The molecule has 0 aromatic heterocycles. The van der Waals surface area contributed by atoms with Gasteiger partial charge in [0.25, 0.3) is 0 Å². The Bertz CT molecular complexity index is 455. The first-order chi connectivity index (χ1) is 9.60. The van der Waals surface area contributed by atoms with Gasteiger partial charge in [-0.25, -0.2) is 0 Å². The van der Waals surface area contributed by atoms with Crippen LogP contribution in [0.3, 0.4) is 0 Å². The fraction of sp³-hybridized carbons (Fsp3) is 0.500. The van der Waals surface area contributed by atoms with Crippen LogP contribution in [0.25, 0.3) is 0 Å². The molecule has 2 rings (SSSR count). The Hall–Kier alpha value is -1.45. The summed E-state index contributed by atoms with van der Waals surface area (Å²) in [5, 5.41) is 0. The van der Waals surface area contributed by atoms with Crippen LogP contribution in [0.15, 0.2) is 36.4 Å². The quantitative estimate of drug-likeness (QED) is 0.636. The van der Waals surface area contributed by atoms with Gasteiger partial charge in [0.2, 0.25) is 0 Å². The van der Waals surface area contributed by atoms with Gasteiger partial charge in [-0.05, 0) is 55.2 Å². The summed E-state index contributed by atoms with van der Waals surface area (Å²) in [4.78, 5) is 0. The summed E-state index contributed by atoms with van der Waals surface area (Å²) in [6.45, 7) is 2.23. The van der Waals surface area contributed by atoms with Crippen LogP contribution in [0.1, 0.15) is 50.5 Å². The van der Waals surface area contributed by atoms with Crippen LogP contribution in [0.4, 0.5) is 13.2 Å². The van der Waals surface area contributed by atoms with Crippen LogP contribution >= 0.6 is 0 Å². The van der Waals surface area contributed by atoms with E-state index in [0.29, 0.717) is 5.92 Å². The Labute approximate surface area is 117 Å². The monoisotopic (exact) mass is 284 g/mol. The molecule has 1 aromatic carbocycles. The topological polar surface area (TPSA) is 9.23 Å². The summed E-state index contributed by atoms with van der Waals surface area (Å²) in [5.74, 6) is 1.45. The van der Waals surface area contributed by atoms with Crippen LogP contribution in [-0.2, 0) is 0 Å². The van der Waals surface area contributed by atoms with E-state index >= 15 is 0 Å². The smallest absolute Gasteiger partial charge is 0.344 e. The van der Waals surface area contributed by atoms with Crippen molar-refractivity contribution in [3.63, 3.8) is 0 Å². The number of hydrogen-bond acceptors (Lipinski definition) is 1. The Morgan fingerprint density at radius 2 is 1.65 bits per heavy atom.